The van der Waals surface area contributed by atoms with E-state index in [2.05, 4.69) is 37.4 Å². The van der Waals surface area contributed by atoms with Crippen molar-refractivity contribution in [3.05, 3.63) is 12.0 Å². The van der Waals surface area contributed by atoms with Gasteiger partial charge in [0, 0.05) is 33.2 Å². The number of hydrogen-bond acceptors (Lipinski definition) is 7. The van der Waals surface area contributed by atoms with Crippen molar-refractivity contribution in [2.24, 2.45) is 0 Å². The average Bonchev–Trinajstić information content (AvgIpc) is 2.98. The number of halogens is 1. The fourth-order valence-corrected chi connectivity index (χ4v) is 2.97. The van der Waals surface area contributed by atoms with Crippen LogP contribution in [0.15, 0.2) is 6.20 Å². The monoisotopic (exact) mass is 310 g/mol. The highest BCUT2D eigenvalue weighted by Gasteiger charge is 2.34. The molecule has 1 aromatic rings. The Labute approximate surface area is 129 Å². The summed E-state index contributed by atoms with van der Waals surface area (Å²) in [7, 11) is 3.78. The molecule has 2 saturated heterocycles. The van der Waals surface area contributed by atoms with Gasteiger partial charge in [-0.1, -0.05) is 0 Å². The van der Waals surface area contributed by atoms with Crippen molar-refractivity contribution in [3.63, 3.8) is 0 Å². The summed E-state index contributed by atoms with van der Waals surface area (Å²) in [4.78, 5) is 13.0. The molecule has 22 heavy (non-hydrogen) atoms. The third-order valence-electron chi connectivity index (χ3n) is 4.35. The largest absolute Gasteiger partial charge is 0.378 e. The van der Waals surface area contributed by atoms with Gasteiger partial charge in [0.25, 0.3) is 0 Å². The van der Waals surface area contributed by atoms with E-state index in [4.69, 9.17) is 4.74 Å². The van der Waals surface area contributed by atoms with Crippen LogP contribution in [0.2, 0.25) is 0 Å². The molecule has 2 N–H and O–H groups in total. The second-order valence-corrected chi connectivity index (χ2v) is 5.84. The highest BCUT2D eigenvalue weighted by molar-refractivity contribution is 5.41. The zero-order valence-corrected chi connectivity index (χ0v) is 13.0. The molecule has 0 spiro atoms. The van der Waals surface area contributed by atoms with Crippen LogP contribution in [0.4, 0.5) is 16.2 Å². The predicted octanol–water partition coefficient (Wildman–Crippen LogP) is 0.0841. The van der Waals surface area contributed by atoms with E-state index < -0.39 is 5.82 Å². The molecule has 0 radical (unpaired) electrons. The molecule has 0 bridgehead atoms. The molecule has 2 aliphatic rings. The van der Waals surface area contributed by atoms with Gasteiger partial charge in [-0.05, 0) is 7.05 Å². The molecule has 2 atom stereocenters. The lowest BCUT2D eigenvalue weighted by molar-refractivity contribution is 0.0948. The summed E-state index contributed by atoms with van der Waals surface area (Å²) in [5.41, 5.74) is 0. The molecular weight excluding hydrogens is 287 g/mol. The maximum Gasteiger partial charge on any atom is 0.225 e. The second kappa shape index (κ2) is 6.72. The number of nitrogens with zero attached hydrogens (tertiary/aromatic N) is 4. The lowest BCUT2D eigenvalue weighted by Gasteiger charge is -2.38. The third-order valence-corrected chi connectivity index (χ3v) is 4.35. The van der Waals surface area contributed by atoms with Gasteiger partial charge in [-0.2, -0.15) is 4.98 Å². The van der Waals surface area contributed by atoms with Crippen LogP contribution in [0.1, 0.15) is 0 Å². The predicted molar refractivity (Wildman–Crippen MR) is 82.6 cm³/mol. The Kier molecular flexibility index (Phi) is 4.70. The van der Waals surface area contributed by atoms with Crippen LogP contribution >= 0.6 is 0 Å². The van der Waals surface area contributed by atoms with Crippen LogP contribution in [-0.2, 0) is 4.74 Å². The smallest absolute Gasteiger partial charge is 0.225 e. The van der Waals surface area contributed by atoms with E-state index in [1.807, 2.05) is 0 Å². The minimum atomic E-state index is -0.452. The third kappa shape index (κ3) is 3.29. The van der Waals surface area contributed by atoms with Crippen molar-refractivity contribution < 1.29 is 9.13 Å². The number of nitrogens with one attached hydrogen (secondary N) is 2. The van der Waals surface area contributed by atoms with Gasteiger partial charge in [0.15, 0.2) is 11.6 Å². The number of rotatable bonds is 4. The molecule has 0 amide bonds. The van der Waals surface area contributed by atoms with E-state index in [1.165, 1.54) is 6.20 Å². The number of aromatic nitrogens is 2. The Bertz CT molecular complexity index is 508. The zero-order chi connectivity index (χ0) is 15.5. The van der Waals surface area contributed by atoms with E-state index in [1.54, 1.807) is 7.05 Å². The van der Waals surface area contributed by atoms with E-state index in [0.717, 1.165) is 26.2 Å². The maximum absolute atomic E-state index is 13.4. The van der Waals surface area contributed by atoms with Gasteiger partial charge in [-0.15, -0.1) is 0 Å². The molecule has 0 aromatic carbocycles. The van der Waals surface area contributed by atoms with Gasteiger partial charge in [0.2, 0.25) is 5.95 Å². The van der Waals surface area contributed by atoms with Crippen molar-refractivity contribution in [3.8, 4) is 0 Å². The summed E-state index contributed by atoms with van der Waals surface area (Å²) in [5.74, 6) is 0.180. The fourth-order valence-electron chi connectivity index (χ4n) is 2.97. The molecule has 2 aliphatic heterocycles. The van der Waals surface area contributed by atoms with E-state index in [0.29, 0.717) is 25.2 Å². The van der Waals surface area contributed by atoms with Crippen molar-refractivity contribution >= 4 is 11.8 Å². The first-order valence-corrected chi connectivity index (χ1v) is 7.64. The lowest BCUT2D eigenvalue weighted by Crippen LogP contribution is -2.54. The average molecular weight is 310 g/mol. The lowest BCUT2D eigenvalue weighted by atomic mass is 10.1. The highest BCUT2D eigenvalue weighted by atomic mass is 19.1. The fraction of sp³-hybridized carbons (Fsp3) is 0.714. The number of piperazine rings is 1. The van der Waals surface area contributed by atoms with E-state index in [9.17, 15) is 4.39 Å². The minimum absolute atomic E-state index is 0.124. The Morgan fingerprint density at radius 2 is 2.05 bits per heavy atom. The minimum Gasteiger partial charge on any atom is -0.378 e. The number of anilines is 2. The summed E-state index contributed by atoms with van der Waals surface area (Å²) < 4.78 is 19.1. The standard InChI is InChI=1S/C14H23FN6O/c1-16-13-10(15)7-17-14(19-13)18-11-8-22-9-12(11)21-5-3-20(2)4-6-21/h7,11-12H,3-6,8-9H2,1-2H3,(H2,16,17,18,19)/t11-,12-/m0/s1. The molecule has 3 rings (SSSR count). The highest BCUT2D eigenvalue weighted by Crippen LogP contribution is 2.19. The van der Waals surface area contributed by atoms with Crippen LogP contribution in [0.5, 0.6) is 0 Å². The molecule has 2 fully saturated rings. The Balaban J connectivity index is 1.66. The van der Waals surface area contributed by atoms with Crippen LogP contribution in [-0.4, -0.2) is 85.3 Å². The van der Waals surface area contributed by atoms with Crippen LogP contribution in [0.3, 0.4) is 0 Å². The number of likely N-dealkylation sites (N-methyl/N-ethyl adjacent to an activating group) is 1. The van der Waals surface area contributed by atoms with Gasteiger partial charge in [0.05, 0.1) is 31.5 Å². The molecule has 0 saturated carbocycles. The van der Waals surface area contributed by atoms with Crippen LogP contribution < -0.4 is 10.6 Å². The van der Waals surface area contributed by atoms with Gasteiger partial charge in [-0.3, -0.25) is 4.90 Å². The first kappa shape index (κ1) is 15.4. The molecule has 3 heterocycles. The Morgan fingerprint density at radius 3 is 2.77 bits per heavy atom. The molecule has 7 nitrogen and oxygen atoms in total. The molecule has 8 heteroatoms. The Morgan fingerprint density at radius 1 is 1.27 bits per heavy atom. The van der Waals surface area contributed by atoms with Gasteiger partial charge >= 0.3 is 0 Å². The number of hydrogen-bond donors (Lipinski definition) is 2. The van der Waals surface area contributed by atoms with Crippen LogP contribution in [0, 0.1) is 5.82 Å². The van der Waals surface area contributed by atoms with Crippen LogP contribution in [0.25, 0.3) is 0 Å². The summed E-state index contributed by atoms with van der Waals surface area (Å²) in [5, 5.41) is 6.02. The summed E-state index contributed by atoms with van der Waals surface area (Å²) in [6, 6.07) is 0.430. The van der Waals surface area contributed by atoms with E-state index >= 15 is 0 Å². The zero-order valence-electron chi connectivity index (χ0n) is 13.0. The Hall–Kier alpha value is -1.51. The summed E-state index contributed by atoms with van der Waals surface area (Å²) in [6.07, 6.45) is 1.18. The second-order valence-electron chi connectivity index (χ2n) is 5.84. The molecule has 122 valence electrons. The van der Waals surface area contributed by atoms with Crippen molar-refractivity contribution in [1.82, 2.24) is 19.8 Å². The van der Waals surface area contributed by atoms with Gasteiger partial charge in [0.1, 0.15) is 0 Å². The first-order chi connectivity index (χ1) is 10.7. The maximum atomic E-state index is 13.4. The van der Waals surface area contributed by atoms with Crippen molar-refractivity contribution in [2.75, 3.05) is 64.1 Å². The van der Waals surface area contributed by atoms with Crippen molar-refractivity contribution in [1.29, 1.82) is 0 Å². The quantitative estimate of drug-likeness (QED) is 0.817. The normalized spacial score (nSPS) is 27.0. The molecule has 0 unspecified atom stereocenters. The summed E-state index contributed by atoms with van der Waals surface area (Å²) >= 11 is 0. The SMILES string of the molecule is CNc1nc(N[C@H]2COC[C@@H]2N2CCN(C)CC2)ncc1F. The molecule has 1 aromatic heterocycles. The van der Waals surface area contributed by atoms with Gasteiger partial charge < -0.3 is 20.3 Å². The summed E-state index contributed by atoms with van der Waals surface area (Å²) in [6.45, 7) is 5.54. The molecule has 0 aliphatic carbocycles. The number of ether oxygens (including phenoxy) is 1. The van der Waals surface area contributed by atoms with Gasteiger partial charge in [-0.25, -0.2) is 9.37 Å². The first-order valence-electron chi connectivity index (χ1n) is 7.64. The molecular formula is C14H23FN6O. The topological polar surface area (TPSA) is 65.6 Å². The van der Waals surface area contributed by atoms with Crippen molar-refractivity contribution in [2.45, 2.75) is 12.1 Å². The van der Waals surface area contributed by atoms with E-state index in [-0.39, 0.29) is 11.9 Å².